The van der Waals surface area contributed by atoms with Gasteiger partial charge in [-0.05, 0) is 59.4 Å². The SMILES string of the molecule is Cc1ccccc1-c1nnn(Cc2cc(=O)oc3cc(C)c(C(C)C)cc23)n1. The highest BCUT2D eigenvalue weighted by atomic mass is 16.4. The molecule has 0 spiro atoms. The average molecular weight is 374 g/mol. The lowest BCUT2D eigenvalue weighted by Gasteiger charge is -2.12. The Bertz CT molecular complexity index is 1220. The van der Waals surface area contributed by atoms with Crippen LogP contribution in [0.5, 0.6) is 0 Å². The van der Waals surface area contributed by atoms with E-state index >= 15 is 0 Å². The standard InChI is InChI=1S/C22H22N4O2/c1-13(2)18-11-19-16(10-21(27)28-20(19)9-15(18)4)12-26-24-22(23-25-26)17-8-6-5-7-14(17)3/h5-11,13H,12H2,1-4H3. The minimum Gasteiger partial charge on any atom is -0.423 e. The van der Waals surface area contributed by atoms with Crippen LogP contribution in [0.3, 0.4) is 0 Å². The van der Waals surface area contributed by atoms with Crippen LogP contribution in [0.2, 0.25) is 0 Å². The van der Waals surface area contributed by atoms with Gasteiger partial charge in [-0.2, -0.15) is 4.80 Å². The van der Waals surface area contributed by atoms with Crippen LogP contribution in [0.4, 0.5) is 0 Å². The number of aromatic nitrogens is 4. The van der Waals surface area contributed by atoms with Crippen LogP contribution < -0.4 is 5.63 Å². The summed E-state index contributed by atoms with van der Waals surface area (Å²) in [6, 6.07) is 13.5. The van der Waals surface area contributed by atoms with Gasteiger partial charge in [0.2, 0.25) is 5.82 Å². The predicted octanol–water partition coefficient (Wildman–Crippen LogP) is 4.24. The van der Waals surface area contributed by atoms with Crippen LogP contribution in [0.1, 0.15) is 42.0 Å². The fraction of sp³-hybridized carbons (Fsp3) is 0.273. The molecular formula is C22H22N4O2. The lowest BCUT2D eigenvalue weighted by atomic mass is 9.95. The van der Waals surface area contributed by atoms with Crippen LogP contribution in [-0.4, -0.2) is 20.2 Å². The molecule has 142 valence electrons. The van der Waals surface area contributed by atoms with Gasteiger partial charge in [-0.25, -0.2) is 4.79 Å². The van der Waals surface area contributed by atoms with E-state index < -0.39 is 0 Å². The second-order valence-electron chi connectivity index (χ2n) is 7.41. The molecule has 2 aromatic heterocycles. The predicted molar refractivity (Wildman–Crippen MR) is 108 cm³/mol. The van der Waals surface area contributed by atoms with E-state index in [2.05, 4.69) is 35.3 Å². The van der Waals surface area contributed by atoms with E-state index in [4.69, 9.17) is 4.42 Å². The van der Waals surface area contributed by atoms with E-state index in [1.165, 1.54) is 16.4 Å². The van der Waals surface area contributed by atoms with Gasteiger partial charge in [-0.15, -0.1) is 10.2 Å². The van der Waals surface area contributed by atoms with Gasteiger partial charge in [-0.1, -0.05) is 38.1 Å². The molecule has 0 N–H and O–H groups in total. The molecule has 0 bridgehead atoms. The highest BCUT2D eigenvalue weighted by molar-refractivity contribution is 5.82. The third kappa shape index (κ3) is 3.33. The maximum Gasteiger partial charge on any atom is 0.336 e. The average Bonchev–Trinajstić information content (AvgIpc) is 3.09. The topological polar surface area (TPSA) is 73.8 Å². The molecule has 0 atom stereocenters. The van der Waals surface area contributed by atoms with Crippen molar-refractivity contribution in [2.45, 2.75) is 40.2 Å². The first-order valence-electron chi connectivity index (χ1n) is 9.33. The first-order chi connectivity index (χ1) is 13.4. The van der Waals surface area contributed by atoms with Crippen molar-refractivity contribution in [3.05, 3.63) is 75.1 Å². The Balaban J connectivity index is 1.77. The third-order valence-electron chi connectivity index (χ3n) is 4.99. The van der Waals surface area contributed by atoms with Gasteiger partial charge < -0.3 is 4.42 Å². The van der Waals surface area contributed by atoms with Gasteiger partial charge in [0.15, 0.2) is 0 Å². The monoisotopic (exact) mass is 374 g/mol. The van der Waals surface area contributed by atoms with Crippen molar-refractivity contribution < 1.29 is 4.42 Å². The largest absolute Gasteiger partial charge is 0.423 e. The number of nitrogens with zero attached hydrogens (tertiary/aromatic N) is 4. The number of rotatable bonds is 4. The van der Waals surface area contributed by atoms with Gasteiger partial charge in [0.05, 0.1) is 6.54 Å². The fourth-order valence-corrected chi connectivity index (χ4v) is 3.54. The smallest absolute Gasteiger partial charge is 0.336 e. The molecule has 0 aliphatic heterocycles. The molecule has 2 aromatic carbocycles. The molecule has 0 radical (unpaired) electrons. The van der Waals surface area contributed by atoms with Crippen molar-refractivity contribution in [2.75, 3.05) is 0 Å². The summed E-state index contributed by atoms with van der Waals surface area (Å²) in [5.41, 5.74) is 5.41. The van der Waals surface area contributed by atoms with Crippen LogP contribution in [0, 0.1) is 13.8 Å². The first-order valence-corrected chi connectivity index (χ1v) is 9.33. The molecule has 0 fully saturated rings. The lowest BCUT2D eigenvalue weighted by molar-refractivity contribution is 0.545. The Hall–Kier alpha value is -3.28. The number of hydrogen-bond acceptors (Lipinski definition) is 5. The first kappa shape index (κ1) is 18.1. The molecule has 6 nitrogen and oxygen atoms in total. The summed E-state index contributed by atoms with van der Waals surface area (Å²) >= 11 is 0. The summed E-state index contributed by atoms with van der Waals surface area (Å²) in [5, 5.41) is 13.8. The normalized spacial score (nSPS) is 11.5. The summed E-state index contributed by atoms with van der Waals surface area (Å²) in [7, 11) is 0. The van der Waals surface area contributed by atoms with Crippen molar-refractivity contribution in [3.63, 3.8) is 0 Å². The summed E-state index contributed by atoms with van der Waals surface area (Å²) in [6.45, 7) is 8.71. The number of aryl methyl sites for hydroxylation is 2. The molecule has 0 unspecified atom stereocenters. The molecular weight excluding hydrogens is 352 g/mol. The van der Waals surface area contributed by atoms with Crippen LogP contribution >= 0.6 is 0 Å². The van der Waals surface area contributed by atoms with Gasteiger partial charge in [0.1, 0.15) is 5.58 Å². The molecule has 0 saturated heterocycles. The Labute approximate surface area is 162 Å². The minimum absolute atomic E-state index is 0.349. The number of fused-ring (bicyclic) bond motifs is 1. The molecule has 4 rings (SSSR count). The summed E-state index contributed by atoms with van der Waals surface area (Å²) in [6.07, 6.45) is 0. The Kier molecular flexibility index (Phi) is 4.55. The van der Waals surface area contributed by atoms with E-state index in [1.54, 1.807) is 0 Å². The van der Waals surface area contributed by atoms with Crippen LogP contribution in [-0.2, 0) is 6.54 Å². The minimum atomic E-state index is -0.376. The second-order valence-corrected chi connectivity index (χ2v) is 7.41. The van der Waals surface area contributed by atoms with Crippen molar-refractivity contribution in [3.8, 4) is 11.4 Å². The van der Waals surface area contributed by atoms with E-state index in [0.29, 0.717) is 23.9 Å². The molecule has 28 heavy (non-hydrogen) atoms. The van der Waals surface area contributed by atoms with Gasteiger partial charge in [0, 0.05) is 17.0 Å². The van der Waals surface area contributed by atoms with E-state index in [0.717, 1.165) is 27.6 Å². The Morgan fingerprint density at radius 1 is 1.07 bits per heavy atom. The van der Waals surface area contributed by atoms with Crippen molar-refractivity contribution >= 4 is 11.0 Å². The second kappa shape index (κ2) is 7.03. The molecule has 0 aliphatic carbocycles. The maximum absolute atomic E-state index is 12.1. The third-order valence-corrected chi connectivity index (χ3v) is 4.99. The van der Waals surface area contributed by atoms with E-state index in [-0.39, 0.29) is 5.63 Å². The van der Waals surface area contributed by atoms with Crippen molar-refractivity contribution in [2.24, 2.45) is 0 Å². The lowest BCUT2D eigenvalue weighted by Crippen LogP contribution is -2.09. The Morgan fingerprint density at radius 2 is 1.86 bits per heavy atom. The Morgan fingerprint density at radius 3 is 2.61 bits per heavy atom. The number of benzene rings is 2. The van der Waals surface area contributed by atoms with Gasteiger partial charge in [-0.3, -0.25) is 0 Å². The van der Waals surface area contributed by atoms with E-state index in [1.807, 2.05) is 44.2 Å². The number of tetrazole rings is 1. The summed E-state index contributed by atoms with van der Waals surface area (Å²) < 4.78 is 5.42. The van der Waals surface area contributed by atoms with Crippen molar-refractivity contribution in [1.82, 2.24) is 20.2 Å². The van der Waals surface area contributed by atoms with Gasteiger partial charge >= 0.3 is 5.63 Å². The molecule has 6 heteroatoms. The molecule has 0 saturated carbocycles. The van der Waals surface area contributed by atoms with Crippen LogP contribution in [0.15, 0.2) is 51.7 Å². The van der Waals surface area contributed by atoms with Gasteiger partial charge in [0.25, 0.3) is 0 Å². The van der Waals surface area contributed by atoms with Crippen LogP contribution in [0.25, 0.3) is 22.4 Å². The summed E-state index contributed by atoms with van der Waals surface area (Å²) in [5.74, 6) is 0.949. The summed E-state index contributed by atoms with van der Waals surface area (Å²) in [4.78, 5) is 13.6. The zero-order valence-electron chi connectivity index (χ0n) is 16.4. The van der Waals surface area contributed by atoms with Crippen molar-refractivity contribution in [1.29, 1.82) is 0 Å². The highest BCUT2D eigenvalue weighted by Crippen LogP contribution is 2.27. The highest BCUT2D eigenvalue weighted by Gasteiger charge is 2.14. The number of hydrogen-bond donors (Lipinski definition) is 0. The zero-order chi connectivity index (χ0) is 19.8. The zero-order valence-corrected chi connectivity index (χ0v) is 16.4. The molecule has 0 aliphatic rings. The molecule has 0 amide bonds. The fourth-order valence-electron chi connectivity index (χ4n) is 3.54. The molecule has 2 heterocycles. The molecule has 4 aromatic rings. The maximum atomic E-state index is 12.1. The quantitative estimate of drug-likeness (QED) is 0.500. The van der Waals surface area contributed by atoms with E-state index in [9.17, 15) is 4.79 Å².